The SMILES string of the molecule is Cc1csc(CNCC(O)COCC2CCCO2)n1. The van der Waals surface area contributed by atoms with Crippen LogP contribution in [0.15, 0.2) is 5.38 Å². The van der Waals surface area contributed by atoms with E-state index in [-0.39, 0.29) is 6.10 Å². The predicted octanol–water partition coefficient (Wildman–Crippen LogP) is 1.10. The van der Waals surface area contributed by atoms with Gasteiger partial charge in [-0.1, -0.05) is 0 Å². The Labute approximate surface area is 118 Å². The molecule has 6 heteroatoms. The second-order valence-electron chi connectivity index (χ2n) is 4.84. The summed E-state index contributed by atoms with van der Waals surface area (Å²) in [6.07, 6.45) is 1.92. The molecule has 0 saturated carbocycles. The molecule has 2 N–H and O–H groups in total. The van der Waals surface area contributed by atoms with Gasteiger partial charge in [0, 0.05) is 30.8 Å². The van der Waals surface area contributed by atoms with Crippen LogP contribution in [-0.2, 0) is 16.0 Å². The molecule has 1 aromatic heterocycles. The fourth-order valence-electron chi connectivity index (χ4n) is 2.00. The Kier molecular flexibility index (Phi) is 6.19. The fraction of sp³-hybridized carbons (Fsp3) is 0.769. The average Bonchev–Trinajstić information content (AvgIpc) is 3.01. The van der Waals surface area contributed by atoms with Gasteiger partial charge < -0.3 is 19.9 Å². The minimum absolute atomic E-state index is 0.221. The van der Waals surface area contributed by atoms with Crippen molar-refractivity contribution in [2.24, 2.45) is 0 Å². The second kappa shape index (κ2) is 7.91. The maximum atomic E-state index is 9.76. The molecule has 0 aliphatic carbocycles. The van der Waals surface area contributed by atoms with Crippen LogP contribution in [0.2, 0.25) is 0 Å². The van der Waals surface area contributed by atoms with Gasteiger partial charge >= 0.3 is 0 Å². The summed E-state index contributed by atoms with van der Waals surface area (Å²) in [7, 11) is 0. The molecule has 1 aliphatic rings. The molecule has 5 nitrogen and oxygen atoms in total. The van der Waals surface area contributed by atoms with Crippen molar-refractivity contribution < 1.29 is 14.6 Å². The van der Waals surface area contributed by atoms with Crippen molar-refractivity contribution in [3.63, 3.8) is 0 Å². The summed E-state index contributed by atoms with van der Waals surface area (Å²) >= 11 is 1.63. The highest BCUT2D eigenvalue weighted by molar-refractivity contribution is 7.09. The van der Waals surface area contributed by atoms with E-state index in [9.17, 15) is 5.11 Å². The second-order valence-corrected chi connectivity index (χ2v) is 5.78. The zero-order valence-corrected chi connectivity index (χ0v) is 12.1. The largest absolute Gasteiger partial charge is 0.389 e. The van der Waals surface area contributed by atoms with Gasteiger partial charge in [0.25, 0.3) is 0 Å². The summed E-state index contributed by atoms with van der Waals surface area (Å²) in [6, 6.07) is 0. The fourth-order valence-corrected chi connectivity index (χ4v) is 2.74. The van der Waals surface area contributed by atoms with Crippen LogP contribution < -0.4 is 5.32 Å². The van der Waals surface area contributed by atoms with Crippen molar-refractivity contribution in [3.8, 4) is 0 Å². The van der Waals surface area contributed by atoms with E-state index in [0.29, 0.717) is 26.3 Å². The van der Waals surface area contributed by atoms with E-state index < -0.39 is 6.10 Å². The van der Waals surface area contributed by atoms with Crippen molar-refractivity contribution in [1.29, 1.82) is 0 Å². The van der Waals surface area contributed by atoms with Gasteiger partial charge in [-0.3, -0.25) is 0 Å². The Hall–Kier alpha value is -0.530. The third-order valence-electron chi connectivity index (χ3n) is 2.96. The zero-order valence-electron chi connectivity index (χ0n) is 11.3. The monoisotopic (exact) mass is 286 g/mol. The Morgan fingerprint density at radius 2 is 2.58 bits per heavy atom. The molecular formula is C13H22N2O3S. The van der Waals surface area contributed by atoms with Gasteiger partial charge in [-0.25, -0.2) is 4.98 Å². The first-order chi connectivity index (χ1) is 9.24. The van der Waals surface area contributed by atoms with Gasteiger partial charge in [-0.2, -0.15) is 0 Å². The lowest BCUT2D eigenvalue weighted by molar-refractivity contribution is -0.0164. The van der Waals surface area contributed by atoms with E-state index in [1.54, 1.807) is 11.3 Å². The smallest absolute Gasteiger partial charge is 0.107 e. The maximum Gasteiger partial charge on any atom is 0.107 e. The molecule has 1 aliphatic heterocycles. The van der Waals surface area contributed by atoms with Gasteiger partial charge in [-0.05, 0) is 19.8 Å². The number of ether oxygens (including phenoxy) is 2. The molecule has 19 heavy (non-hydrogen) atoms. The van der Waals surface area contributed by atoms with E-state index in [1.807, 2.05) is 12.3 Å². The first-order valence-corrected chi connectivity index (χ1v) is 7.61. The number of hydrogen-bond acceptors (Lipinski definition) is 6. The summed E-state index contributed by atoms with van der Waals surface area (Å²) in [5.41, 5.74) is 1.04. The standard InChI is InChI=1S/C13H22N2O3S/c1-10-9-19-13(15-10)6-14-5-11(16)7-17-8-12-3-2-4-18-12/h9,11-12,14,16H,2-8H2,1H3. The number of thiazole rings is 1. The molecule has 0 bridgehead atoms. The summed E-state index contributed by atoms with van der Waals surface area (Å²) in [4.78, 5) is 4.35. The number of rotatable bonds is 8. The normalized spacial score (nSPS) is 20.8. The third-order valence-corrected chi connectivity index (χ3v) is 3.93. The molecule has 0 radical (unpaired) electrons. The first-order valence-electron chi connectivity index (χ1n) is 6.73. The summed E-state index contributed by atoms with van der Waals surface area (Å²) in [5, 5.41) is 16.0. The maximum absolute atomic E-state index is 9.76. The van der Waals surface area contributed by atoms with Crippen molar-refractivity contribution in [3.05, 3.63) is 16.1 Å². The lowest BCUT2D eigenvalue weighted by Gasteiger charge is -2.14. The average molecular weight is 286 g/mol. The summed E-state index contributed by atoms with van der Waals surface area (Å²) in [5.74, 6) is 0. The Morgan fingerprint density at radius 1 is 1.68 bits per heavy atom. The highest BCUT2D eigenvalue weighted by Gasteiger charge is 2.16. The number of hydrogen-bond donors (Lipinski definition) is 2. The van der Waals surface area contributed by atoms with Gasteiger partial charge in [0.05, 0.1) is 25.4 Å². The minimum atomic E-state index is -0.484. The van der Waals surface area contributed by atoms with Crippen molar-refractivity contribution in [2.75, 3.05) is 26.4 Å². The third kappa shape index (κ3) is 5.54. The summed E-state index contributed by atoms with van der Waals surface area (Å²) in [6.45, 7) is 4.97. The molecule has 2 rings (SSSR count). The van der Waals surface area contributed by atoms with Crippen LogP contribution in [-0.4, -0.2) is 48.7 Å². The van der Waals surface area contributed by atoms with Gasteiger partial charge in [-0.15, -0.1) is 11.3 Å². The van der Waals surface area contributed by atoms with Crippen LogP contribution in [0.4, 0.5) is 0 Å². The number of aromatic nitrogens is 1. The summed E-state index contributed by atoms with van der Waals surface area (Å²) < 4.78 is 10.9. The molecule has 2 atom stereocenters. The predicted molar refractivity (Wildman–Crippen MR) is 74.4 cm³/mol. The minimum Gasteiger partial charge on any atom is -0.389 e. The van der Waals surface area contributed by atoms with Crippen LogP contribution in [0, 0.1) is 6.92 Å². The molecular weight excluding hydrogens is 264 g/mol. The van der Waals surface area contributed by atoms with Gasteiger partial charge in [0.15, 0.2) is 0 Å². The number of aryl methyl sites for hydroxylation is 1. The molecule has 108 valence electrons. The number of aliphatic hydroxyl groups excluding tert-OH is 1. The van der Waals surface area contributed by atoms with Crippen LogP contribution in [0.3, 0.4) is 0 Å². The van der Waals surface area contributed by atoms with Crippen LogP contribution in [0.1, 0.15) is 23.5 Å². The molecule has 1 aromatic rings. The highest BCUT2D eigenvalue weighted by atomic mass is 32.1. The number of nitrogens with zero attached hydrogens (tertiary/aromatic N) is 1. The Balaban J connectivity index is 1.50. The van der Waals surface area contributed by atoms with E-state index >= 15 is 0 Å². The molecule has 0 aromatic carbocycles. The molecule has 2 unspecified atom stereocenters. The van der Waals surface area contributed by atoms with Gasteiger partial charge in [0.2, 0.25) is 0 Å². The molecule has 0 amide bonds. The van der Waals surface area contributed by atoms with E-state index in [1.165, 1.54) is 0 Å². The number of nitrogens with one attached hydrogen (secondary N) is 1. The molecule has 2 heterocycles. The number of aliphatic hydroxyl groups is 1. The lowest BCUT2D eigenvalue weighted by atomic mass is 10.2. The topological polar surface area (TPSA) is 63.6 Å². The van der Waals surface area contributed by atoms with E-state index in [4.69, 9.17) is 9.47 Å². The molecule has 1 saturated heterocycles. The quantitative estimate of drug-likeness (QED) is 0.749. The molecule has 1 fully saturated rings. The highest BCUT2D eigenvalue weighted by Crippen LogP contribution is 2.12. The molecule has 0 spiro atoms. The van der Waals surface area contributed by atoms with E-state index in [2.05, 4.69) is 10.3 Å². The van der Waals surface area contributed by atoms with Crippen LogP contribution >= 0.6 is 11.3 Å². The van der Waals surface area contributed by atoms with Crippen molar-refractivity contribution >= 4 is 11.3 Å². The van der Waals surface area contributed by atoms with Crippen LogP contribution in [0.25, 0.3) is 0 Å². The van der Waals surface area contributed by atoms with Crippen molar-refractivity contribution in [2.45, 2.75) is 38.5 Å². The van der Waals surface area contributed by atoms with Crippen molar-refractivity contribution in [1.82, 2.24) is 10.3 Å². The first kappa shape index (κ1) is 14.9. The Bertz CT molecular complexity index is 367. The van der Waals surface area contributed by atoms with E-state index in [0.717, 1.165) is 30.2 Å². The lowest BCUT2D eigenvalue weighted by Crippen LogP contribution is -2.31. The van der Waals surface area contributed by atoms with Crippen LogP contribution in [0.5, 0.6) is 0 Å². The van der Waals surface area contributed by atoms with Gasteiger partial charge in [0.1, 0.15) is 5.01 Å². The Morgan fingerprint density at radius 3 is 3.26 bits per heavy atom. The zero-order chi connectivity index (χ0) is 13.5.